The van der Waals surface area contributed by atoms with Crippen molar-refractivity contribution >= 4 is 0 Å². The second kappa shape index (κ2) is 37.2. The van der Waals surface area contributed by atoms with Crippen molar-refractivity contribution in [1.29, 1.82) is 0 Å². The normalized spacial score (nSPS) is 42.6. The molecule has 0 saturated carbocycles. The molecule has 0 aliphatic carbocycles. The Labute approximate surface area is 682 Å². The Morgan fingerprint density at radius 2 is 0.504 bits per heavy atom. The fourth-order valence-corrected chi connectivity index (χ4v) is 18.7. The van der Waals surface area contributed by atoms with Gasteiger partial charge < -0.3 is 114 Å². The Morgan fingerprint density at radius 1 is 0.274 bits per heavy atom. The third-order valence-electron chi connectivity index (χ3n) is 25.5. The lowest BCUT2D eigenvalue weighted by atomic mass is 9.83. The Bertz CT molecular complexity index is 4160. The first kappa shape index (κ1) is 81.7. The maximum atomic E-state index is 8.89. The maximum Gasteiger partial charge on any atom is 0.184 e. The van der Waals surface area contributed by atoms with Gasteiger partial charge in [0.25, 0.3) is 0 Å². The van der Waals surface area contributed by atoms with E-state index in [-0.39, 0.29) is 56.9 Å². The van der Waals surface area contributed by atoms with Crippen molar-refractivity contribution < 1.29 is 114 Å². The van der Waals surface area contributed by atoms with Gasteiger partial charge in [0.05, 0.1) is 76.3 Å². The molecule has 0 radical (unpaired) electrons. The smallest absolute Gasteiger partial charge is 0.184 e. The second-order valence-corrected chi connectivity index (χ2v) is 33.2. The van der Waals surface area contributed by atoms with Crippen molar-refractivity contribution in [2.75, 3.05) is 52.8 Å². The second-order valence-electron chi connectivity index (χ2n) is 33.2. The minimum atomic E-state index is -0.991. The van der Waals surface area contributed by atoms with E-state index in [1.54, 1.807) is 0 Å². The van der Waals surface area contributed by atoms with Gasteiger partial charge in [-0.2, -0.15) is 0 Å². The molecule has 0 N–H and O–H groups in total. The first-order valence-corrected chi connectivity index (χ1v) is 42.1. The summed E-state index contributed by atoms with van der Waals surface area (Å²) in [6.45, 7) is 16.6. The Morgan fingerprint density at radius 3 is 0.769 bits per heavy atom. The molecule has 0 amide bonds. The molecular formula is C90H109N3O24. The fraction of sp³-hybridized carbons (Fsp3) is 0.600. The summed E-state index contributed by atoms with van der Waals surface area (Å²) < 4.78 is 169. The molecular weight excluding hydrogens is 1510 g/mol. The summed E-state index contributed by atoms with van der Waals surface area (Å²) in [6.07, 6.45) is -18.2. The quantitative estimate of drug-likeness (QED) is 0.0249. The molecule has 12 aliphatic heterocycles. The SMILES string of the molecule is CC1[C@H](O[C@@H]2C(C)[C@H](O[C@@H]3C(C)[C@H](O[C@@H]4C(C)[C@H](O[C@@H]5C(C)[C@H](O[C@@H]6C(C)[C@H](OCCCCCN=[N+]=[N-])OC7COC(c8ccccc8)O[C@H]76)OC6COC(c7ccccc7)O[C@H]65)OC5COC(c6ccccc6)O[C@H]54)OC4COC(c5ccccc5)O[C@H]43)OC3COC(c4ccccc4)O[C@H]32)OC2COC(c3ccccc3)O[C@H]2[C@@H]1C. The van der Waals surface area contributed by atoms with E-state index in [2.05, 4.69) is 58.5 Å². The summed E-state index contributed by atoms with van der Waals surface area (Å²) in [6, 6.07) is 59.4. The number of hydrogen-bond acceptors (Lipinski definition) is 25. The van der Waals surface area contributed by atoms with Gasteiger partial charge in [0.2, 0.25) is 0 Å². The molecule has 12 fully saturated rings. The molecule has 6 aromatic carbocycles. The van der Waals surface area contributed by atoms with Gasteiger partial charge >= 0.3 is 0 Å². The van der Waals surface area contributed by atoms with Crippen molar-refractivity contribution in [3.05, 3.63) is 226 Å². The standard InChI is InChI=1S/C90H109N3O24/c1-49-50(2)80(102-62-43-95-85(107-68(49)62)56-29-15-8-16-30-56)108-70-52(4)82(104-64-45-97-87(114-75(64)70)58-33-19-10-20-34-58)110-72-54(6)84(106-66-47-99-89(116-77(66)72)60-37-23-12-24-38-60)112-73-55(7)83(105-67-48-100-90(117-78(67)73)61-39-25-13-26-40-61)111-71-53(5)81(103-65-46-98-88(115-76(65)71)59-35-21-11-22-36-59)109-69-51(3)79(94-42-28-14-27-41-92-93-91)101-63-44-96-86(113-74(63)69)57-31-17-9-18-32-57/h8-13,15-26,29-40,49-55,62-90H,14,27-28,41-48H2,1-7H3/t49-,50?,51?,52?,53?,54?,55?,62?,63?,64?,65?,66?,67?,68+,69-,70-,71-,72-,73-,74-,75-,76-,77-,78-,79-,80+,81+,82+,83+,84+,85?,86?,87?,88?,89?,90?/m1/s1. The van der Waals surface area contributed by atoms with Crippen LogP contribution in [0, 0.1) is 41.4 Å². The predicted octanol–water partition coefficient (Wildman–Crippen LogP) is 13.9. The molecule has 18 rings (SSSR count). The molecule has 0 spiro atoms. The molecule has 18 unspecified atom stereocenters. The summed E-state index contributed by atoms with van der Waals surface area (Å²) in [5.41, 5.74) is 14.1. The Kier molecular flexibility index (Phi) is 25.9. The topological polar surface area (TPSA) is 270 Å². The molecule has 117 heavy (non-hydrogen) atoms. The highest BCUT2D eigenvalue weighted by atomic mass is 16.8. The molecule has 12 saturated heterocycles. The highest BCUT2D eigenvalue weighted by Crippen LogP contribution is 2.50. The van der Waals surface area contributed by atoms with Gasteiger partial charge in [-0.25, -0.2) is 0 Å². The minimum absolute atomic E-state index is 0.0126. The van der Waals surface area contributed by atoms with Crippen molar-refractivity contribution in [2.45, 2.75) is 247 Å². The minimum Gasteiger partial charge on any atom is -0.352 e. The average molecular weight is 1620 g/mol. The number of hydrogen-bond donors (Lipinski definition) is 0. The van der Waals surface area contributed by atoms with E-state index in [1.807, 2.05) is 182 Å². The number of benzene rings is 6. The lowest BCUT2D eigenvalue weighted by molar-refractivity contribution is -0.424. The van der Waals surface area contributed by atoms with Crippen LogP contribution in [0.1, 0.15) is 139 Å². The van der Waals surface area contributed by atoms with E-state index in [0.717, 1.165) is 52.6 Å². The van der Waals surface area contributed by atoms with Gasteiger partial charge in [0.1, 0.15) is 67.1 Å². The molecule has 12 aliphatic rings. The van der Waals surface area contributed by atoms with E-state index < -0.39 is 197 Å². The van der Waals surface area contributed by atoms with Gasteiger partial charge in [-0.1, -0.05) is 242 Å². The van der Waals surface area contributed by atoms with Crippen LogP contribution in [0.2, 0.25) is 0 Å². The van der Waals surface area contributed by atoms with E-state index in [1.165, 1.54) is 0 Å². The zero-order chi connectivity index (χ0) is 79.6. The van der Waals surface area contributed by atoms with Crippen LogP contribution in [0.15, 0.2) is 187 Å². The Balaban J connectivity index is 0.644. The lowest BCUT2D eigenvalue weighted by Crippen LogP contribution is -2.67. The average Bonchev–Trinajstić information content (AvgIpc) is 0.751. The summed E-state index contributed by atoms with van der Waals surface area (Å²) in [5, 5.41) is 3.72. The van der Waals surface area contributed by atoms with Crippen LogP contribution in [0.25, 0.3) is 10.4 Å². The molecule has 0 aromatic heterocycles. The molecule has 12 heterocycles. The van der Waals surface area contributed by atoms with Crippen LogP contribution in [0.4, 0.5) is 0 Å². The van der Waals surface area contributed by atoms with Gasteiger partial charge in [-0.15, -0.1) is 0 Å². The van der Waals surface area contributed by atoms with Crippen LogP contribution in [0.3, 0.4) is 0 Å². The molecule has 0 bridgehead atoms. The fourth-order valence-electron chi connectivity index (χ4n) is 18.7. The van der Waals surface area contributed by atoms with Crippen LogP contribution in [0.5, 0.6) is 0 Å². The van der Waals surface area contributed by atoms with Crippen LogP contribution < -0.4 is 0 Å². The summed E-state index contributed by atoms with van der Waals surface area (Å²) in [5.74, 6) is -2.69. The largest absolute Gasteiger partial charge is 0.352 e. The van der Waals surface area contributed by atoms with Crippen LogP contribution in [-0.4, -0.2) is 194 Å². The summed E-state index contributed by atoms with van der Waals surface area (Å²) in [4.78, 5) is 2.92. The number of unbranched alkanes of at least 4 members (excludes halogenated alkanes) is 2. The van der Waals surface area contributed by atoms with E-state index in [4.69, 9.17) is 119 Å². The summed E-state index contributed by atoms with van der Waals surface area (Å²) in [7, 11) is 0. The van der Waals surface area contributed by atoms with E-state index in [9.17, 15) is 0 Å². The zero-order valence-corrected chi connectivity index (χ0v) is 67.0. The number of rotatable bonds is 23. The van der Waals surface area contributed by atoms with Crippen molar-refractivity contribution in [3.63, 3.8) is 0 Å². The zero-order valence-electron chi connectivity index (χ0n) is 67.0. The number of fused-ring (bicyclic) bond motifs is 6. The number of ether oxygens (including phenoxy) is 24. The van der Waals surface area contributed by atoms with Crippen molar-refractivity contribution in [2.24, 2.45) is 46.5 Å². The summed E-state index contributed by atoms with van der Waals surface area (Å²) >= 11 is 0. The van der Waals surface area contributed by atoms with Crippen LogP contribution >= 0.6 is 0 Å². The third-order valence-corrected chi connectivity index (χ3v) is 25.5. The first-order chi connectivity index (χ1) is 57.3. The predicted molar refractivity (Wildman–Crippen MR) is 414 cm³/mol. The Hall–Kier alpha value is -6.33. The highest BCUT2D eigenvalue weighted by Gasteiger charge is 2.61. The third kappa shape index (κ3) is 17.6. The molecule has 36 atom stereocenters. The molecule has 27 heteroatoms. The lowest BCUT2D eigenvalue weighted by Gasteiger charge is -2.55. The molecule has 27 nitrogen and oxygen atoms in total. The monoisotopic (exact) mass is 1620 g/mol. The van der Waals surface area contributed by atoms with Gasteiger partial charge in [-0.3, -0.25) is 0 Å². The van der Waals surface area contributed by atoms with Gasteiger partial charge in [-0.05, 0) is 24.3 Å². The van der Waals surface area contributed by atoms with Gasteiger partial charge in [0.15, 0.2) is 75.5 Å². The number of azide groups is 1. The molecule has 6 aromatic rings. The van der Waals surface area contributed by atoms with Crippen molar-refractivity contribution in [1.82, 2.24) is 0 Å². The van der Waals surface area contributed by atoms with E-state index in [0.29, 0.717) is 19.8 Å². The highest BCUT2D eigenvalue weighted by molar-refractivity contribution is 5.22. The molecule has 628 valence electrons. The van der Waals surface area contributed by atoms with Crippen LogP contribution in [-0.2, 0) is 114 Å². The first-order valence-electron chi connectivity index (χ1n) is 42.1. The van der Waals surface area contributed by atoms with E-state index >= 15 is 0 Å². The maximum absolute atomic E-state index is 8.89. The van der Waals surface area contributed by atoms with Gasteiger partial charge in [0, 0.05) is 87.0 Å². The number of nitrogens with zero attached hydrogens (tertiary/aromatic N) is 3. The van der Waals surface area contributed by atoms with Crippen molar-refractivity contribution in [3.8, 4) is 0 Å².